The second-order valence-electron chi connectivity index (χ2n) is 10.4. The van der Waals surface area contributed by atoms with E-state index in [0.29, 0.717) is 12.1 Å². The minimum Gasteiger partial charge on any atom is -0.486 e. The smallest absolute Gasteiger partial charge is 0.416 e. The number of hydrogen-bond donors (Lipinski definition) is 2. The van der Waals surface area contributed by atoms with Crippen LogP contribution in [0.2, 0.25) is 0 Å². The summed E-state index contributed by atoms with van der Waals surface area (Å²) in [6.07, 6.45) is -7.22. The lowest BCUT2D eigenvalue weighted by Crippen LogP contribution is -2.52. The van der Waals surface area contributed by atoms with Crippen molar-refractivity contribution in [1.82, 2.24) is 0 Å². The highest BCUT2D eigenvalue weighted by atomic mass is 32.2. The number of hydrogen-bond acceptors (Lipinski definition) is 6. The van der Waals surface area contributed by atoms with Gasteiger partial charge >= 0.3 is 18.8 Å². The van der Waals surface area contributed by atoms with Gasteiger partial charge in [0, 0.05) is 12.5 Å². The third kappa shape index (κ3) is 6.09. The molecule has 0 amide bonds. The molecular formula is C28H23F6NO7S. The lowest BCUT2D eigenvalue weighted by atomic mass is 9.63. The fourth-order valence-corrected chi connectivity index (χ4v) is 6.94. The molecule has 43 heavy (non-hydrogen) atoms. The predicted molar refractivity (Wildman–Crippen MR) is 139 cm³/mol. The molecule has 3 aromatic rings. The molecule has 0 spiro atoms. The van der Waals surface area contributed by atoms with Gasteiger partial charge in [-0.25, -0.2) is 12.8 Å². The molecule has 230 valence electrons. The van der Waals surface area contributed by atoms with Gasteiger partial charge < -0.3 is 19.7 Å². The van der Waals surface area contributed by atoms with Gasteiger partial charge in [-0.15, -0.1) is 0 Å². The van der Waals surface area contributed by atoms with Crippen molar-refractivity contribution in [2.45, 2.75) is 49.2 Å². The Morgan fingerprint density at radius 3 is 2.42 bits per heavy atom. The summed E-state index contributed by atoms with van der Waals surface area (Å²) in [6.45, 7) is -3.76. The number of halogens is 6. The summed E-state index contributed by atoms with van der Waals surface area (Å²) in [5.74, 6) is -2.73. The van der Waals surface area contributed by atoms with Crippen LogP contribution in [0.15, 0.2) is 65.6 Å². The molecule has 1 fully saturated rings. The van der Waals surface area contributed by atoms with E-state index in [-0.39, 0.29) is 41.8 Å². The molecule has 5 rings (SSSR count). The van der Waals surface area contributed by atoms with Crippen LogP contribution in [0.3, 0.4) is 0 Å². The number of alkyl halides is 5. The first-order chi connectivity index (χ1) is 20.1. The van der Waals surface area contributed by atoms with Crippen molar-refractivity contribution in [3.8, 4) is 22.6 Å². The van der Waals surface area contributed by atoms with Gasteiger partial charge in [0.15, 0.2) is 0 Å². The van der Waals surface area contributed by atoms with Crippen LogP contribution in [0.1, 0.15) is 24.8 Å². The molecule has 1 heterocycles. The van der Waals surface area contributed by atoms with Crippen LogP contribution < -0.4 is 13.8 Å². The molecule has 15 heteroatoms. The fraction of sp³-hybridized carbons (Fsp3) is 0.321. The van der Waals surface area contributed by atoms with Crippen LogP contribution in [0, 0.1) is 11.2 Å². The molecule has 0 saturated heterocycles. The van der Waals surface area contributed by atoms with Crippen molar-refractivity contribution in [2.75, 3.05) is 10.8 Å². The number of aliphatic carboxylic acids is 1. The van der Waals surface area contributed by atoms with E-state index in [2.05, 4.69) is 4.74 Å². The number of rotatable bonds is 8. The Kier molecular flexibility index (Phi) is 7.75. The summed E-state index contributed by atoms with van der Waals surface area (Å²) >= 11 is 0. The SMILES string of the molecule is O=C(O)[C@]1(C[C@H]2CN(S(=O)(=O)c3cccc(C(F)(F)F)c3)c3cc(-c4cc(F)cc(OC(F)F)c4)ccc3O2)C[C@H](O)C1. The quantitative estimate of drug-likeness (QED) is 0.308. The molecule has 1 aliphatic heterocycles. The van der Waals surface area contributed by atoms with Crippen LogP contribution >= 0.6 is 0 Å². The molecule has 8 nitrogen and oxygen atoms in total. The maximum Gasteiger partial charge on any atom is 0.416 e. The highest BCUT2D eigenvalue weighted by molar-refractivity contribution is 7.92. The first-order valence-corrected chi connectivity index (χ1v) is 14.2. The summed E-state index contributed by atoms with van der Waals surface area (Å²) in [6, 6.07) is 9.77. The van der Waals surface area contributed by atoms with E-state index >= 15 is 0 Å². The molecule has 0 unspecified atom stereocenters. The third-order valence-electron chi connectivity index (χ3n) is 7.39. The van der Waals surface area contributed by atoms with Crippen LogP contribution in [0.5, 0.6) is 11.5 Å². The topological polar surface area (TPSA) is 113 Å². The first kappa shape index (κ1) is 30.5. The monoisotopic (exact) mass is 631 g/mol. The lowest BCUT2D eigenvalue weighted by molar-refractivity contribution is -0.166. The summed E-state index contributed by atoms with van der Waals surface area (Å²) < 4.78 is 119. The predicted octanol–water partition coefficient (Wildman–Crippen LogP) is 5.69. The number of fused-ring (bicyclic) bond motifs is 1. The van der Waals surface area contributed by atoms with Gasteiger partial charge in [-0.2, -0.15) is 22.0 Å². The lowest BCUT2D eigenvalue weighted by Gasteiger charge is -2.45. The van der Waals surface area contributed by atoms with E-state index in [1.54, 1.807) is 0 Å². The molecule has 1 saturated carbocycles. The molecule has 0 aromatic heterocycles. The highest BCUT2D eigenvalue weighted by Crippen LogP contribution is 2.48. The van der Waals surface area contributed by atoms with Crippen molar-refractivity contribution in [3.05, 3.63) is 72.0 Å². The number of carbonyl (C=O) groups is 1. The number of carboxylic acids is 1. The standard InChI is InChI=1S/C28H23F6NO7S/c29-18-6-16(7-20(10-18)42-26(30)31)15-4-5-24-23(8-15)35(14-21(41-24)13-27(25(37)38)11-19(36)12-27)43(39,40)22-3-1-2-17(9-22)28(32,33)34/h1-10,19,21,26,36H,11-14H2,(H,37,38)/t19-,21-,27+/m0/s1. The Labute approximate surface area is 241 Å². The maximum atomic E-state index is 14.3. The molecule has 3 aromatic carbocycles. The van der Waals surface area contributed by atoms with Crippen LogP contribution in [-0.2, 0) is 21.0 Å². The normalized spacial score (nSPS) is 22.0. The van der Waals surface area contributed by atoms with Crippen LogP contribution in [0.25, 0.3) is 11.1 Å². The molecule has 2 aliphatic rings. The number of benzene rings is 3. The van der Waals surface area contributed by atoms with Gasteiger partial charge in [-0.05, 0) is 66.4 Å². The Morgan fingerprint density at radius 1 is 1.07 bits per heavy atom. The van der Waals surface area contributed by atoms with Gasteiger partial charge in [0.2, 0.25) is 0 Å². The minimum atomic E-state index is -4.85. The minimum absolute atomic E-state index is 0.0188. The number of ether oxygens (including phenoxy) is 2. The zero-order valence-electron chi connectivity index (χ0n) is 21.9. The van der Waals surface area contributed by atoms with Gasteiger partial charge in [0.1, 0.15) is 23.4 Å². The van der Waals surface area contributed by atoms with Gasteiger partial charge in [0.25, 0.3) is 10.0 Å². The van der Waals surface area contributed by atoms with Crippen molar-refractivity contribution < 1.29 is 59.2 Å². The number of aliphatic hydroxyl groups excluding tert-OH is 1. The molecule has 0 bridgehead atoms. The number of carboxylic acid groups (broad SMARTS) is 1. The first-order valence-electron chi connectivity index (χ1n) is 12.8. The molecule has 0 radical (unpaired) electrons. The summed E-state index contributed by atoms with van der Waals surface area (Å²) in [5, 5.41) is 19.6. The second-order valence-corrected chi connectivity index (χ2v) is 12.3. The summed E-state index contributed by atoms with van der Waals surface area (Å²) in [5.41, 5.74) is -2.63. The Balaban J connectivity index is 1.60. The van der Waals surface area contributed by atoms with Gasteiger partial charge in [0.05, 0.1) is 34.2 Å². The summed E-state index contributed by atoms with van der Waals surface area (Å²) in [4.78, 5) is 11.3. The average molecular weight is 632 g/mol. The fourth-order valence-electron chi connectivity index (χ4n) is 5.39. The van der Waals surface area contributed by atoms with Gasteiger partial charge in [-0.1, -0.05) is 12.1 Å². The van der Waals surface area contributed by atoms with Gasteiger partial charge in [-0.3, -0.25) is 9.10 Å². The Bertz CT molecular complexity index is 1660. The number of anilines is 1. The van der Waals surface area contributed by atoms with E-state index in [1.165, 1.54) is 18.2 Å². The molecule has 2 N–H and O–H groups in total. The molecule has 1 atom stereocenters. The van der Waals surface area contributed by atoms with Crippen LogP contribution in [-0.4, -0.2) is 50.0 Å². The third-order valence-corrected chi connectivity index (χ3v) is 9.17. The zero-order chi connectivity index (χ0) is 31.3. The van der Waals surface area contributed by atoms with E-state index in [9.17, 15) is 49.8 Å². The maximum absolute atomic E-state index is 14.3. The summed E-state index contributed by atoms with van der Waals surface area (Å²) in [7, 11) is -4.74. The van der Waals surface area contributed by atoms with Crippen LogP contribution in [0.4, 0.5) is 32.0 Å². The number of aliphatic hydroxyl groups is 1. The largest absolute Gasteiger partial charge is 0.486 e. The van der Waals surface area contributed by atoms with Crippen molar-refractivity contribution >= 4 is 21.7 Å². The Hall–Kier alpha value is -3.98. The van der Waals surface area contributed by atoms with E-state index in [4.69, 9.17) is 4.74 Å². The highest BCUT2D eigenvalue weighted by Gasteiger charge is 2.52. The number of sulfonamides is 1. The molecule has 1 aliphatic carbocycles. The zero-order valence-corrected chi connectivity index (χ0v) is 22.7. The van der Waals surface area contributed by atoms with E-state index in [0.717, 1.165) is 34.6 Å². The average Bonchev–Trinajstić information content (AvgIpc) is 2.90. The number of nitrogens with zero attached hydrogens (tertiary/aromatic N) is 1. The second kappa shape index (κ2) is 10.9. The molecular weight excluding hydrogens is 608 g/mol. The Morgan fingerprint density at radius 2 is 1.79 bits per heavy atom. The van der Waals surface area contributed by atoms with Crippen molar-refractivity contribution in [1.29, 1.82) is 0 Å². The van der Waals surface area contributed by atoms with E-state index in [1.807, 2.05) is 0 Å². The van der Waals surface area contributed by atoms with Crippen molar-refractivity contribution in [2.24, 2.45) is 5.41 Å². The van der Waals surface area contributed by atoms with Crippen molar-refractivity contribution in [3.63, 3.8) is 0 Å². The van der Waals surface area contributed by atoms with E-state index < -0.39 is 75.0 Å².